The number of para-hydroxylation sites is 1. The van der Waals surface area contributed by atoms with E-state index < -0.39 is 22.5 Å². The molecule has 0 radical (unpaired) electrons. The van der Waals surface area contributed by atoms with Gasteiger partial charge in [-0.25, -0.2) is 8.42 Å². The first-order chi connectivity index (χ1) is 10.3. The van der Waals surface area contributed by atoms with E-state index >= 15 is 0 Å². The molecule has 0 spiro atoms. The number of carboxylic acid groups (broad SMARTS) is 1. The summed E-state index contributed by atoms with van der Waals surface area (Å²) in [4.78, 5) is 10.9. The van der Waals surface area contributed by atoms with Gasteiger partial charge in [-0.15, -0.1) is 0 Å². The maximum absolute atomic E-state index is 12.7. The average Bonchev–Trinajstić information content (AvgIpc) is 2.46. The van der Waals surface area contributed by atoms with Gasteiger partial charge in [-0.05, 0) is 42.8 Å². The number of nitrogens with zero attached hydrogens (tertiary/aromatic N) is 1. The number of carbonyl (C=O) groups excluding carboxylic acids is 1. The summed E-state index contributed by atoms with van der Waals surface area (Å²) in [6.45, 7) is 0.935. The highest BCUT2D eigenvalue weighted by Crippen LogP contribution is 2.27. The van der Waals surface area contributed by atoms with Crippen molar-refractivity contribution >= 4 is 33.3 Å². The molecule has 0 saturated heterocycles. The maximum atomic E-state index is 12.7. The fraction of sp³-hybridized carbons (Fsp3) is 0.133. The van der Waals surface area contributed by atoms with Gasteiger partial charge in [-0.2, -0.15) is 0 Å². The minimum Gasteiger partial charge on any atom is -0.548 e. The number of carbonyl (C=O) groups is 1. The molecule has 0 unspecified atom stereocenters. The summed E-state index contributed by atoms with van der Waals surface area (Å²) in [5, 5.41) is 11.4. The molecule has 0 aliphatic rings. The van der Waals surface area contributed by atoms with Gasteiger partial charge in [0.2, 0.25) is 0 Å². The van der Waals surface area contributed by atoms with E-state index in [0.29, 0.717) is 16.3 Å². The second kappa shape index (κ2) is 6.37. The van der Waals surface area contributed by atoms with Crippen molar-refractivity contribution in [2.75, 3.05) is 10.8 Å². The van der Waals surface area contributed by atoms with E-state index in [0.717, 1.165) is 4.31 Å². The van der Waals surface area contributed by atoms with E-state index in [1.165, 1.54) is 24.3 Å². The number of anilines is 1. The van der Waals surface area contributed by atoms with Crippen molar-refractivity contribution in [3.63, 3.8) is 0 Å². The van der Waals surface area contributed by atoms with E-state index in [4.69, 9.17) is 11.6 Å². The highest BCUT2D eigenvalue weighted by Gasteiger charge is 2.26. The van der Waals surface area contributed by atoms with Gasteiger partial charge in [0, 0.05) is 5.02 Å². The number of hydrogen-bond acceptors (Lipinski definition) is 4. The van der Waals surface area contributed by atoms with Crippen LogP contribution in [0.5, 0.6) is 0 Å². The van der Waals surface area contributed by atoms with Crippen LogP contribution >= 0.6 is 11.6 Å². The Morgan fingerprint density at radius 2 is 1.73 bits per heavy atom. The molecule has 2 aromatic rings. The lowest BCUT2D eigenvalue weighted by Gasteiger charge is -2.26. The van der Waals surface area contributed by atoms with Crippen LogP contribution in [0.4, 0.5) is 5.69 Å². The van der Waals surface area contributed by atoms with Crippen LogP contribution in [0.15, 0.2) is 53.4 Å². The zero-order chi connectivity index (χ0) is 16.3. The van der Waals surface area contributed by atoms with Crippen LogP contribution < -0.4 is 9.41 Å². The SMILES string of the molecule is Cc1ccccc1N(CC(=O)[O-])S(=O)(=O)c1ccc(Cl)cc1. The van der Waals surface area contributed by atoms with Gasteiger partial charge in [0.25, 0.3) is 10.0 Å². The fourth-order valence-corrected chi connectivity index (χ4v) is 3.59. The minimum atomic E-state index is -4.03. The number of hydrogen-bond donors (Lipinski definition) is 0. The number of sulfonamides is 1. The lowest BCUT2D eigenvalue weighted by molar-refractivity contribution is -0.303. The number of halogens is 1. The average molecular weight is 339 g/mol. The molecule has 2 aromatic carbocycles. The minimum absolute atomic E-state index is 0.0404. The molecule has 0 N–H and O–H groups in total. The van der Waals surface area contributed by atoms with Gasteiger partial charge < -0.3 is 9.90 Å². The fourth-order valence-electron chi connectivity index (χ4n) is 1.99. The summed E-state index contributed by atoms with van der Waals surface area (Å²) in [6.07, 6.45) is 0. The molecular weight excluding hydrogens is 326 g/mol. The topological polar surface area (TPSA) is 77.5 Å². The Morgan fingerprint density at radius 3 is 2.27 bits per heavy atom. The van der Waals surface area contributed by atoms with Crippen LogP contribution in [-0.4, -0.2) is 20.9 Å². The van der Waals surface area contributed by atoms with Crippen molar-refractivity contribution in [1.29, 1.82) is 0 Å². The van der Waals surface area contributed by atoms with Crippen LogP contribution in [0.3, 0.4) is 0 Å². The van der Waals surface area contributed by atoms with E-state index in [1.54, 1.807) is 31.2 Å². The first-order valence-corrected chi connectivity index (χ1v) is 8.18. The summed E-state index contributed by atoms with van der Waals surface area (Å²) in [5.74, 6) is -1.49. The van der Waals surface area contributed by atoms with Crippen LogP contribution in [-0.2, 0) is 14.8 Å². The van der Waals surface area contributed by atoms with Crippen LogP contribution in [0.25, 0.3) is 0 Å². The summed E-state index contributed by atoms with van der Waals surface area (Å²) < 4.78 is 26.3. The Bertz CT molecular complexity index is 787. The molecule has 7 heteroatoms. The molecule has 0 bridgehead atoms. The van der Waals surface area contributed by atoms with Crippen LogP contribution in [0.1, 0.15) is 5.56 Å². The second-order valence-corrected chi connectivity index (χ2v) is 6.92. The molecule has 0 atom stereocenters. The molecule has 0 amide bonds. The molecule has 5 nitrogen and oxygen atoms in total. The predicted molar refractivity (Wildman–Crippen MR) is 82.2 cm³/mol. The highest BCUT2D eigenvalue weighted by molar-refractivity contribution is 7.92. The first kappa shape index (κ1) is 16.3. The van der Waals surface area contributed by atoms with Crippen LogP contribution in [0, 0.1) is 6.92 Å². The Hall–Kier alpha value is -2.05. The van der Waals surface area contributed by atoms with Gasteiger partial charge in [-0.3, -0.25) is 4.31 Å². The van der Waals surface area contributed by atoms with Crippen molar-refractivity contribution in [1.82, 2.24) is 0 Å². The molecular formula is C15H13ClNO4S-. The lowest BCUT2D eigenvalue weighted by Crippen LogP contribution is -2.42. The largest absolute Gasteiger partial charge is 0.548 e. The molecule has 0 aliphatic heterocycles. The molecule has 0 heterocycles. The monoisotopic (exact) mass is 338 g/mol. The highest BCUT2D eigenvalue weighted by atomic mass is 35.5. The summed E-state index contributed by atoms with van der Waals surface area (Å²) in [5.41, 5.74) is 0.933. The predicted octanol–water partition coefficient (Wildman–Crippen LogP) is 1.59. The van der Waals surface area contributed by atoms with Gasteiger partial charge in [0.05, 0.1) is 23.1 Å². The van der Waals surface area contributed by atoms with Gasteiger partial charge in [0.15, 0.2) is 0 Å². The van der Waals surface area contributed by atoms with Gasteiger partial charge in [-0.1, -0.05) is 29.8 Å². The molecule has 0 aliphatic carbocycles. The van der Waals surface area contributed by atoms with Crippen LogP contribution in [0.2, 0.25) is 5.02 Å². The van der Waals surface area contributed by atoms with Crippen molar-refractivity contribution in [2.24, 2.45) is 0 Å². The third-order valence-corrected chi connectivity index (χ3v) is 5.08. The van der Waals surface area contributed by atoms with E-state index in [2.05, 4.69) is 0 Å². The molecule has 0 fully saturated rings. The number of aliphatic carboxylic acids is 1. The normalized spacial score (nSPS) is 11.2. The number of rotatable bonds is 5. The van der Waals surface area contributed by atoms with Crippen molar-refractivity contribution in [2.45, 2.75) is 11.8 Å². The molecule has 22 heavy (non-hydrogen) atoms. The van der Waals surface area contributed by atoms with Crippen molar-refractivity contribution in [3.05, 3.63) is 59.1 Å². The quantitative estimate of drug-likeness (QED) is 0.829. The standard InChI is InChI=1S/C15H14ClNO4S/c1-11-4-2-3-5-14(11)17(10-15(18)19)22(20,21)13-8-6-12(16)7-9-13/h2-9H,10H2,1H3,(H,18,19)/p-1. The molecule has 0 aromatic heterocycles. The summed E-state index contributed by atoms with van der Waals surface area (Å²) in [7, 11) is -4.03. The Balaban J connectivity index is 2.56. The van der Waals surface area contributed by atoms with Crippen molar-refractivity contribution in [3.8, 4) is 0 Å². The molecule has 2 rings (SSSR count). The number of carboxylic acids is 1. The number of aryl methyl sites for hydroxylation is 1. The molecule has 0 saturated carbocycles. The van der Waals surface area contributed by atoms with E-state index in [9.17, 15) is 18.3 Å². The molecule has 116 valence electrons. The summed E-state index contributed by atoms with van der Waals surface area (Å²) >= 11 is 5.76. The number of benzene rings is 2. The van der Waals surface area contributed by atoms with Gasteiger partial charge >= 0.3 is 0 Å². The van der Waals surface area contributed by atoms with E-state index in [-0.39, 0.29) is 4.90 Å². The zero-order valence-corrected chi connectivity index (χ0v) is 13.3. The van der Waals surface area contributed by atoms with Crippen molar-refractivity contribution < 1.29 is 18.3 Å². The zero-order valence-electron chi connectivity index (χ0n) is 11.7. The Morgan fingerprint density at radius 1 is 1.14 bits per heavy atom. The maximum Gasteiger partial charge on any atom is 0.264 e. The third-order valence-electron chi connectivity index (χ3n) is 3.06. The smallest absolute Gasteiger partial charge is 0.264 e. The van der Waals surface area contributed by atoms with Gasteiger partial charge in [0.1, 0.15) is 0 Å². The summed E-state index contributed by atoms with van der Waals surface area (Å²) in [6, 6.07) is 12.2. The Labute approximate surface area is 133 Å². The third kappa shape index (κ3) is 3.40. The van der Waals surface area contributed by atoms with E-state index in [1.807, 2.05) is 0 Å². The first-order valence-electron chi connectivity index (χ1n) is 6.36. The second-order valence-electron chi connectivity index (χ2n) is 4.62. The lowest BCUT2D eigenvalue weighted by atomic mass is 10.2. The Kier molecular flexibility index (Phi) is 4.73.